The second-order valence-corrected chi connectivity index (χ2v) is 7.47. The Morgan fingerprint density at radius 1 is 1.22 bits per heavy atom. The Kier molecular flexibility index (Phi) is 4.01. The molecule has 2 aromatic heterocycles. The van der Waals surface area contributed by atoms with Gasteiger partial charge < -0.3 is 5.32 Å². The zero-order valence-electron chi connectivity index (χ0n) is 12.4. The van der Waals surface area contributed by atoms with Crippen LogP contribution >= 0.6 is 23.1 Å². The molecule has 0 saturated carbocycles. The van der Waals surface area contributed by atoms with E-state index >= 15 is 0 Å². The van der Waals surface area contributed by atoms with Crippen LogP contribution in [-0.2, 0) is 17.6 Å². The van der Waals surface area contributed by atoms with Crippen LogP contribution in [0, 0.1) is 0 Å². The fourth-order valence-corrected chi connectivity index (χ4v) is 4.98. The van der Waals surface area contributed by atoms with Gasteiger partial charge in [0, 0.05) is 16.0 Å². The molecule has 1 N–H and O–H groups in total. The van der Waals surface area contributed by atoms with E-state index in [2.05, 4.69) is 15.3 Å². The molecule has 3 aromatic rings. The average Bonchev–Trinajstić information content (AvgIpc) is 3.14. The van der Waals surface area contributed by atoms with E-state index in [9.17, 15) is 4.79 Å². The summed E-state index contributed by atoms with van der Waals surface area (Å²) in [7, 11) is 0. The lowest BCUT2D eigenvalue weighted by Crippen LogP contribution is -2.14. The number of fused-ring (bicyclic) bond motifs is 3. The van der Waals surface area contributed by atoms with E-state index in [1.807, 2.05) is 30.3 Å². The number of rotatable bonds is 4. The number of amides is 1. The largest absolute Gasteiger partial charge is 0.325 e. The topological polar surface area (TPSA) is 54.9 Å². The Morgan fingerprint density at radius 3 is 2.96 bits per heavy atom. The van der Waals surface area contributed by atoms with Crippen LogP contribution in [0.4, 0.5) is 5.69 Å². The quantitative estimate of drug-likeness (QED) is 0.577. The second-order valence-electron chi connectivity index (χ2n) is 5.42. The number of carbonyl (C=O) groups is 1. The molecule has 0 unspecified atom stereocenters. The lowest BCUT2D eigenvalue weighted by Gasteiger charge is -2.06. The molecule has 1 aliphatic rings. The van der Waals surface area contributed by atoms with Gasteiger partial charge in [-0.3, -0.25) is 4.79 Å². The van der Waals surface area contributed by atoms with Crippen LogP contribution < -0.4 is 5.32 Å². The number of carbonyl (C=O) groups excluding carboxylic acids is 1. The summed E-state index contributed by atoms with van der Waals surface area (Å²) in [5.74, 6) is 0.339. The molecule has 4 rings (SSSR count). The normalized spacial score (nSPS) is 13.2. The molecule has 1 amide bonds. The first-order valence-corrected chi connectivity index (χ1v) is 9.34. The molecule has 23 heavy (non-hydrogen) atoms. The first kappa shape index (κ1) is 14.7. The van der Waals surface area contributed by atoms with Crippen molar-refractivity contribution in [3.8, 4) is 0 Å². The minimum Gasteiger partial charge on any atom is -0.325 e. The third-order valence-electron chi connectivity index (χ3n) is 3.86. The van der Waals surface area contributed by atoms with Crippen molar-refractivity contribution in [3.05, 3.63) is 47.1 Å². The van der Waals surface area contributed by atoms with E-state index < -0.39 is 0 Å². The highest BCUT2D eigenvalue weighted by Crippen LogP contribution is 2.39. The first-order valence-electron chi connectivity index (χ1n) is 7.54. The van der Waals surface area contributed by atoms with Gasteiger partial charge in [0.2, 0.25) is 5.91 Å². The number of aryl methyl sites for hydroxylation is 2. The van der Waals surface area contributed by atoms with Crippen molar-refractivity contribution in [2.45, 2.75) is 24.3 Å². The molecule has 0 saturated heterocycles. The van der Waals surface area contributed by atoms with E-state index in [1.54, 1.807) is 17.7 Å². The van der Waals surface area contributed by atoms with Crippen molar-refractivity contribution < 1.29 is 4.79 Å². The molecule has 0 fully saturated rings. The van der Waals surface area contributed by atoms with Gasteiger partial charge >= 0.3 is 0 Å². The number of hydrogen-bond acceptors (Lipinski definition) is 5. The number of nitrogens with one attached hydrogen (secondary N) is 1. The van der Waals surface area contributed by atoms with E-state index in [0.717, 1.165) is 28.4 Å². The Hall–Kier alpha value is -1.92. The molecule has 0 bridgehead atoms. The number of para-hydroxylation sites is 1. The van der Waals surface area contributed by atoms with Gasteiger partial charge in [0.05, 0.1) is 5.75 Å². The van der Waals surface area contributed by atoms with Crippen LogP contribution in [0.15, 0.2) is 41.7 Å². The number of thiophene rings is 1. The third kappa shape index (κ3) is 2.96. The molecule has 1 aliphatic carbocycles. The van der Waals surface area contributed by atoms with Gasteiger partial charge in [-0.15, -0.1) is 11.3 Å². The lowest BCUT2D eigenvalue weighted by atomic mass is 10.2. The van der Waals surface area contributed by atoms with Crippen LogP contribution in [0.2, 0.25) is 0 Å². The number of thioether (sulfide) groups is 1. The van der Waals surface area contributed by atoms with Crippen molar-refractivity contribution in [2.24, 2.45) is 0 Å². The van der Waals surface area contributed by atoms with Gasteiger partial charge in [0.1, 0.15) is 16.2 Å². The maximum atomic E-state index is 12.1. The molecular weight excluding hydrogens is 326 g/mol. The molecule has 2 heterocycles. The Labute approximate surface area is 142 Å². The van der Waals surface area contributed by atoms with Gasteiger partial charge in [0.25, 0.3) is 0 Å². The van der Waals surface area contributed by atoms with Crippen molar-refractivity contribution in [1.29, 1.82) is 0 Å². The van der Waals surface area contributed by atoms with Crippen LogP contribution in [-0.4, -0.2) is 21.6 Å². The third-order valence-corrected chi connectivity index (χ3v) is 6.05. The van der Waals surface area contributed by atoms with E-state index in [-0.39, 0.29) is 5.91 Å². The molecule has 0 aliphatic heterocycles. The van der Waals surface area contributed by atoms with Gasteiger partial charge in [-0.25, -0.2) is 9.97 Å². The van der Waals surface area contributed by atoms with Crippen LogP contribution in [0.5, 0.6) is 0 Å². The molecule has 116 valence electrons. The summed E-state index contributed by atoms with van der Waals surface area (Å²) in [6, 6.07) is 9.52. The monoisotopic (exact) mass is 341 g/mol. The predicted molar refractivity (Wildman–Crippen MR) is 95.2 cm³/mol. The summed E-state index contributed by atoms with van der Waals surface area (Å²) in [5.41, 5.74) is 2.22. The van der Waals surface area contributed by atoms with Gasteiger partial charge in [-0.2, -0.15) is 0 Å². The molecule has 0 atom stereocenters. The van der Waals surface area contributed by atoms with Crippen molar-refractivity contribution in [2.75, 3.05) is 11.1 Å². The fraction of sp³-hybridized carbons (Fsp3) is 0.235. The minimum absolute atomic E-state index is 0.0140. The van der Waals surface area contributed by atoms with Crippen molar-refractivity contribution in [3.63, 3.8) is 0 Å². The highest BCUT2D eigenvalue weighted by molar-refractivity contribution is 8.00. The Balaban J connectivity index is 1.51. The second kappa shape index (κ2) is 6.29. The molecule has 4 nitrogen and oxygen atoms in total. The Bertz CT molecular complexity index is 861. The summed E-state index contributed by atoms with van der Waals surface area (Å²) in [6.45, 7) is 0. The van der Waals surface area contributed by atoms with E-state index in [0.29, 0.717) is 5.75 Å². The highest BCUT2D eigenvalue weighted by atomic mass is 32.2. The smallest absolute Gasteiger partial charge is 0.234 e. The Morgan fingerprint density at radius 2 is 2.09 bits per heavy atom. The van der Waals surface area contributed by atoms with Crippen molar-refractivity contribution in [1.82, 2.24) is 9.97 Å². The molecule has 6 heteroatoms. The standard InChI is InChI=1S/C17H15N3OS2/c21-14(20-11-5-2-1-3-6-11)9-22-16-15-12-7-4-8-13(12)23-17(15)19-10-18-16/h1-3,5-6,10H,4,7-9H2,(H,20,21). The molecule has 0 spiro atoms. The zero-order valence-corrected chi connectivity index (χ0v) is 14.0. The summed E-state index contributed by atoms with van der Waals surface area (Å²) >= 11 is 3.26. The maximum absolute atomic E-state index is 12.1. The molecule has 0 radical (unpaired) electrons. The minimum atomic E-state index is -0.0140. The number of anilines is 1. The van der Waals surface area contributed by atoms with Gasteiger partial charge in [0.15, 0.2) is 0 Å². The average molecular weight is 341 g/mol. The maximum Gasteiger partial charge on any atom is 0.234 e. The fourth-order valence-electron chi connectivity index (χ4n) is 2.86. The lowest BCUT2D eigenvalue weighted by molar-refractivity contribution is -0.113. The van der Waals surface area contributed by atoms with Crippen molar-refractivity contribution >= 4 is 44.9 Å². The number of hydrogen-bond donors (Lipinski definition) is 1. The van der Waals surface area contributed by atoms with Crippen LogP contribution in [0.3, 0.4) is 0 Å². The molecular formula is C17H15N3OS2. The summed E-state index contributed by atoms with van der Waals surface area (Å²) < 4.78 is 0. The van der Waals surface area contributed by atoms with Crippen LogP contribution in [0.25, 0.3) is 10.2 Å². The van der Waals surface area contributed by atoms with Gasteiger partial charge in [-0.05, 0) is 37.0 Å². The first-order chi connectivity index (χ1) is 11.3. The summed E-state index contributed by atoms with van der Waals surface area (Å²) in [6.07, 6.45) is 5.07. The predicted octanol–water partition coefficient (Wildman–Crippen LogP) is 3.91. The SMILES string of the molecule is O=C(CSc1ncnc2sc3c(c12)CCC3)Nc1ccccc1. The van der Waals surface area contributed by atoms with E-state index in [4.69, 9.17) is 0 Å². The summed E-state index contributed by atoms with van der Waals surface area (Å²) in [5, 5.41) is 5.00. The highest BCUT2D eigenvalue weighted by Gasteiger charge is 2.21. The van der Waals surface area contributed by atoms with Gasteiger partial charge in [-0.1, -0.05) is 30.0 Å². The van der Waals surface area contributed by atoms with Crippen LogP contribution in [0.1, 0.15) is 16.9 Å². The number of aromatic nitrogens is 2. The zero-order chi connectivity index (χ0) is 15.6. The summed E-state index contributed by atoms with van der Waals surface area (Å²) in [4.78, 5) is 23.4. The molecule has 1 aromatic carbocycles. The number of benzene rings is 1. The number of nitrogens with zero attached hydrogens (tertiary/aromatic N) is 2. The van der Waals surface area contributed by atoms with E-state index in [1.165, 1.54) is 34.0 Å².